The number of hydrogen-bond donors (Lipinski definition) is 2. The molecule has 1 aromatic carbocycles. The van der Waals surface area contributed by atoms with Crippen molar-refractivity contribution < 1.29 is 0 Å². The van der Waals surface area contributed by atoms with Crippen molar-refractivity contribution in [3.63, 3.8) is 0 Å². The second-order valence-corrected chi connectivity index (χ2v) is 5.21. The summed E-state index contributed by atoms with van der Waals surface area (Å²) in [5, 5.41) is 3.51. The van der Waals surface area contributed by atoms with Crippen molar-refractivity contribution in [2.24, 2.45) is 0 Å². The predicted molar refractivity (Wildman–Crippen MR) is 77.6 cm³/mol. The van der Waals surface area contributed by atoms with E-state index in [4.69, 9.17) is 0 Å². The number of imidazole rings is 1. The molecular weight excluding hydrogens is 290 g/mol. The maximum atomic E-state index is 4.30. The maximum absolute atomic E-state index is 4.30. The van der Waals surface area contributed by atoms with Crippen LogP contribution in [0.25, 0.3) is 0 Å². The summed E-state index contributed by atoms with van der Waals surface area (Å²) in [5.41, 5.74) is 2.56. The van der Waals surface area contributed by atoms with Gasteiger partial charge in [0, 0.05) is 29.3 Å². The lowest BCUT2D eigenvalue weighted by Crippen LogP contribution is -2.23. The lowest BCUT2D eigenvalue weighted by molar-refractivity contribution is 0.539. The first-order chi connectivity index (χ1) is 8.70. The van der Waals surface area contributed by atoms with Gasteiger partial charge in [-0.05, 0) is 30.7 Å². The smallest absolute Gasteiger partial charge is 0.107 e. The quantitative estimate of drug-likeness (QED) is 0.889. The van der Waals surface area contributed by atoms with Crippen LogP contribution in [-0.4, -0.2) is 16.5 Å². The lowest BCUT2D eigenvalue weighted by Gasteiger charge is -2.18. The van der Waals surface area contributed by atoms with E-state index in [0.29, 0.717) is 6.04 Å². The number of rotatable bonds is 5. The third-order valence-electron chi connectivity index (χ3n) is 2.99. The molecule has 0 fully saturated rings. The van der Waals surface area contributed by atoms with Crippen LogP contribution in [0.3, 0.4) is 0 Å². The third kappa shape index (κ3) is 3.21. The fraction of sp³-hybridized carbons (Fsp3) is 0.357. The highest BCUT2D eigenvalue weighted by molar-refractivity contribution is 9.10. The highest BCUT2D eigenvalue weighted by Crippen LogP contribution is 2.23. The Morgan fingerprint density at radius 3 is 2.89 bits per heavy atom. The standard InChI is InChI=1S/C14H18BrN3/c1-3-16-13(9-14-17-6-7-18-14)11-4-5-12(15)10(2)8-11/h4-8,13,16H,3,9H2,1-2H3,(H,17,18). The molecule has 0 saturated carbocycles. The molecule has 0 saturated heterocycles. The van der Waals surface area contributed by atoms with Crippen molar-refractivity contribution in [1.82, 2.24) is 15.3 Å². The molecule has 0 radical (unpaired) electrons. The van der Waals surface area contributed by atoms with E-state index in [1.807, 2.05) is 6.20 Å². The number of nitrogens with one attached hydrogen (secondary N) is 2. The summed E-state index contributed by atoms with van der Waals surface area (Å²) < 4.78 is 1.15. The normalized spacial score (nSPS) is 12.6. The summed E-state index contributed by atoms with van der Waals surface area (Å²) in [6.07, 6.45) is 4.54. The van der Waals surface area contributed by atoms with Gasteiger partial charge in [0.15, 0.2) is 0 Å². The molecular formula is C14H18BrN3. The number of benzene rings is 1. The molecule has 1 atom stereocenters. The minimum absolute atomic E-state index is 0.299. The van der Waals surface area contributed by atoms with E-state index in [-0.39, 0.29) is 0 Å². The first-order valence-electron chi connectivity index (χ1n) is 6.18. The summed E-state index contributed by atoms with van der Waals surface area (Å²) in [6, 6.07) is 6.79. The number of H-pyrrole nitrogens is 1. The Kier molecular flexibility index (Phi) is 4.55. The zero-order valence-corrected chi connectivity index (χ0v) is 12.3. The number of halogens is 1. The zero-order chi connectivity index (χ0) is 13.0. The number of aryl methyl sites for hydroxylation is 1. The fourth-order valence-corrected chi connectivity index (χ4v) is 2.29. The van der Waals surface area contributed by atoms with Crippen molar-refractivity contribution in [2.45, 2.75) is 26.3 Å². The van der Waals surface area contributed by atoms with E-state index in [1.54, 1.807) is 6.20 Å². The van der Waals surface area contributed by atoms with E-state index in [1.165, 1.54) is 11.1 Å². The third-order valence-corrected chi connectivity index (χ3v) is 3.88. The Balaban J connectivity index is 2.20. The van der Waals surface area contributed by atoms with Gasteiger partial charge in [0.05, 0.1) is 0 Å². The van der Waals surface area contributed by atoms with Crippen LogP contribution in [0.1, 0.15) is 29.9 Å². The van der Waals surface area contributed by atoms with Crippen molar-refractivity contribution in [1.29, 1.82) is 0 Å². The fourth-order valence-electron chi connectivity index (χ4n) is 2.04. The van der Waals surface area contributed by atoms with Gasteiger partial charge in [0.25, 0.3) is 0 Å². The molecule has 0 bridgehead atoms. The molecule has 4 heteroatoms. The summed E-state index contributed by atoms with van der Waals surface area (Å²) in [4.78, 5) is 7.46. The Morgan fingerprint density at radius 1 is 1.44 bits per heavy atom. The summed E-state index contributed by atoms with van der Waals surface area (Å²) in [5.74, 6) is 1.02. The van der Waals surface area contributed by atoms with Gasteiger partial charge in [-0.1, -0.05) is 35.0 Å². The number of likely N-dealkylation sites (N-methyl/N-ethyl adjacent to an activating group) is 1. The van der Waals surface area contributed by atoms with E-state index >= 15 is 0 Å². The summed E-state index contributed by atoms with van der Waals surface area (Å²) >= 11 is 3.54. The molecule has 0 amide bonds. The molecule has 1 aromatic heterocycles. The lowest BCUT2D eigenvalue weighted by atomic mass is 10.0. The number of aromatic nitrogens is 2. The summed E-state index contributed by atoms with van der Waals surface area (Å²) in [6.45, 7) is 5.19. The molecule has 0 aliphatic rings. The average molecular weight is 308 g/mol. The van der Waals surface area contributed by atoms with Gasteiger partial charge < -0.3 is 10.3 Å². The minimum atomic E-state index is 0.299. The van der Waals surface area contributed by atoms with Crippen LogP contribution < -0.4 is 5.32 Å². The minimum Gasteiger partial charge on any atom is -0.349 e. The second kappa shape index (κ2) is 6.16. The topological polar surface area (TPSA) is 40.7 Å². The van der Waals surface area contributed by atoms with E-state index < -0.39 is 0 Å². The van der Waals surface area contributed by atoms with Crippen LogP contribution in [0.5, 0.6) is 0 Å². The first kappa shape index (κ1) is 13.3. The first-order valence-corrected chi connectivity index (χ1v) is 6.97. The van der Waals surface area contributed by atoms with Gasteiger partial charge in [-0.3, -0.25) is 0 Å². The van der Waals surface area contributed by atoms with Crippen LogP contribution >= 0.6 is 15.9 Å². The predicted octanol–water partition coefficient (Wildman–Crippen LogP) is 3.37. The summed E-state index contributed by atoms with van der Waals surface area (Å²) in [7, 11) is 0. The van der Waals surface area contributed by atoms with Crippen LogP contribution in [0.2, 0.25) is 0 Å². The Bertz CT molecular complexity index is 494. The monoisotopic (exact) mass is 307 g/mol. The van der Waals surface area contributed by atoms with E-state index in [2.05, 4.69) is 63.3 Å². The second-order valence-electron chi connectivity index (χ2n) is 4.36. The van der Waals surface area contributed by atoms with Gasteiger partial charge in [-0.15, -0.1) is 0 Å². The van der Waals surface area contributed by atoms with Gasteiger partial charge in [0.2, 0.25) is 0 Å². The van der Waals surface area contributed by atoms with Gasteiger partial charge in [-0.2, -0.15) is 0 Å². The molecule has 0 aliphatic carbocycles. The molecule has 2 rings (SSSR count). The molecule has 1 unspecified atom stereocenters. The van der Waals surface area contributed by atoms with Crippen LogP contribution in [0.4, 0.5) is 0 Å². The molecule has 0 spiro atoms. The van der Waals surface area contributed by atoms with Crippen molar-refractivity contribution in [2.75, 3.05) is 6.54 Å². The van der Waals surface area contributed by atoms with E-state index in [9.17, 15) is 0 Å². The SMILES string of the molecule is CCNC(Cc1ncc[nH]1)c1ccc(Br)c(C)c1. The van der Waals surface area contributed by atoms with Gasteiger partial charge in [-0.25, -0.2) is 4.98 Å². The average Bonchev–Trinajstić information content (AvgIpc) is 2.85. The van der Waals surface area contributed by atoms with Crippen molar-refractivity contribution >= 4 is 15.9 Å². The molecule has 2 N–H and O–H groups in total. The van der Waals surface area contributed by atoms with Crippen LogP contribution in [0.15, 0.2) is 35.1 Å². The molecule has 2 aromatic rings. The molecule has 18 heavy (non-hydrogen) atoms. The molecule has 3 nitrogen and oxygen atoms in total. The van der Waals surface area contributed by atoms with Crippen molar-refractivity contribution in [3.8, 4) is 0 Å². The Morgan fingerprint density at radius 2 is 2.28 bits per heavy atom. The number of hydrogen-bond acceptors (Lipinski definition) is 2. The largest absolute Gasteiger partial charge is 0.349 e. The van der Waals surface area contributed by atoms with Gasteiger partial charge >= 0.3 is 0 Å². The van der Waals surface area contributed by atoms with Crippen LogP contribution in [0, 0.1) is 6.92 Å². The zero-order valence-electron chi connectivity index (χ0n) is 10.7. The van der Waals surface area contributed by atoms with Gasteiger partial charge in [0.1, 0.15) is 5.82 Å². The maximum Gasteiger partial charge on any atom is 0.107 e. The van der Waals surface area contributed by atoms with Crippen molar-refractivity contribution in [3.05, 3.63) is 52.0 Å². The van der Waals surface area contributed by atoms with E-state index in [0.717, 1.165) is 23.3 Å². The molecule has 96 valence electrons. The number of nitrogens with zero attached hydrogens (tertiary/aromatic N) is 1. The highest BCUT2D eigenvalue weighted by atomic mass is 79.9. The molecule has 1 heterocycles. The number of aromatic amines is 1. The van der Waals surface area contributed by atoms with Crippen LogP contribution in [-0.2, 0) is 6.42 Å². The Labute approximate surface area is 116 Å². The Hall–Kier alpha value is -1.13. The highest BCUT2D eigenvalue weighted by Gasteiger charge is 2.13. The molecule has 0 aliphatic heterocycles.